The van der Waals surface area contributed by atoms with Gasteiger partial charge in [-0.25, -0.2) is 0 Å². The molecule has 0 heterocycles. The Balaban J connectivity index is 2.26. The summed E-state index contributed by atoms with van der Waals surface area (Å²) in [6.07, 6.45) is 0. The van der Waals surface area contributed by atoms with E-state index in [4.69, 9.17) is 4.43 Å². The zero-order valence-corrected chi connectivity index (χ0v) is 16.2. The lowest BCUT2D eigenvalue weighted by molar-refractivity contribution is 0.508. The second-order valence-electron chi connectivity index (χ2n) is 7.41. The third-order valence-electron chi connectivity index (χ3n) is 4.59. The monoisotopic (exact) mass is 345 g/mol. The molecule has 0 atom stereocenters. The van der Waals surface area contributed by atoms with Crippen molar-refractivity contribution in [2.45, 2.75) is 25.8 Å². The minimum atomic E-state index is -2.54. The summed E-state index contributed by atoms with van der Waals surface area (Å²) in [5.41, 5.74) is 0.968. The lowest BCUT2D eigenvalue weighted by atomic mass is 10.2. The highest BCUT2D eigenvalue weighted by atomic mass is 28.4. The van der Waals surface area contributed by atoms with Crippen LogP contribution in [0.3, 0.4) is 0 Å². The minimum absolute atomic E-state index is 0.0348. The maximum atomic E-state index is 6.92. The van der Waals surface area contributed by atoms with Gasteiger partial charge >= 0.3 is 8.32 Å². The fourth-order valence-corrected chi connectivity index (χ4v) is 7.85. The first-order valence-corrected chi connectivity index (χ1v) is 10.6. The van der Waals surface area contributed by atoms with Crippen LogP contribution < -0.4 is 14.8 Å². The van der Waals surface area contributed by atoms with Crippen LogP contribution in [0.1, 0.15) is 26.3 Å². The van der Waals surface area contributed by atoms with E-state index in [9.17, 15) is 0 Å². The van der Waals surface area contributed by atoms with Crippen LogP contribution in [0.2, 0.25) is 5.04 Å². The van der Waals surface area contributed by atoms with Gasteiger partial charge in [0.2, 0.25) is 0 Å². The lowest BCUT2D eigenvalue weighted by Crippen LogP contribution is -2.68. The smallest absolute Gasteiger partial charge is 0.319 e. The van der Waals surface area contributed by atoms with Crippen molar-refractivity contribution in [1.29, 1.82) is 0 Å². The SMILES string of the molecule is [CH2]c1cccc(O[Si](c2ccccc2)(c2ccccc2)C(C)(C)C)c1. The Morgan fingerprint density at radius 2 is 1.24 bits per heavy atom. The van der Waals surface area contributed by atoms with Crippen LogP contribution in [0.15, 0.2) is 84.9 Å². The fraction of sp³-hybridized carbons (Fsp3) is 0.174. The summed E-state index contributed by atoms with van der Waals surface area (Å²) < 4.78 is 6.92. The molecule has 0 N–H and O–H groups in total. The van der Waals surface area contributed by atoms with Gasteiger partial charge in [-0.3, -0.25) is 0 Å². The Labute approximate surface area is 152 Å². The second kappa shape index (κ2) is 6.89. The topological polar surface area (TPSA) is 9.23 Å². The van der Waals surface area contributed by atoms with Crippen LogP contribution >= 0.6 is 0 Å². The highest BCUT2D eigenvalue weighted by Crippen LogP contribution is 2.37. The summed E-state index contributed by atoms with van der Waals surface area (Å²) in [4.78, 5) is 0. The predicted molar refractivity (Wildman–Crippen MR) is 109 cm³/mol. The van der Waals surface area contributed by atoms with Crippen LogP contribution in [0.5, 0.6) is 5.75 Å². The van der Waals surface area contributed by atoms with E-state index in [1.165, 1.54) is 10.4 Å². The van der Waals surface area contributed by atoms with Gasteiger partial charge in [-0.15, -0.1) is 0 Å². The van der Waals surface area contributed by atoms with Gasteiger partial charge in [0.05, 0.1) is 0 Å². The summed E-state index contributed by atoms with van der Waals surface area (Å²) in [5.74, 6) is 0.891. The third kappa shape index (κ3) is 3.40. The van der Waals surface area contributed by atoms with E-state index in [2.05, 4.69) is 88.4 Å². The molecule has 1 nitrogen and oxygen atoms in total. The van der Waals surface area contributed by atoms with Gasteiger partial charge in [-0.1, -0.05) is 93.6 Å². The Morgan fingerprint density at radius 1 is 0.720 bits per heavy atom. The zero-order valence-electron chi connectivity index (χ0n) is 15.2. The third-order valence-corrected chi connectivity index (χ3v) is 9.53. The average Bonchev–Trinajstić information content (AvgIpc) is 2.60. The van der Waals surface area contributed by atoms with Crippen LogP contribution in [0, 0.1) is 6.92 Å². The molecule has 0 aromatic heterocycles. The molecule has 3 rings (SSSR count). The molecule has 0 spiro atoms. The van der Waals surface area contributed by atoms with E-state index in [1.54, 1.807) is 0 Å². The average molecular weight is 346 g/mol. The molecule has 2 heteroatoms. The minimum Gasteiger partial charge on any atom is -0.534 e. The molecule has 0 aliphatic rings. The van der Waals surface area contributed by atoms with Gasteiger partial charge in [0.15, 0.2) is 0 Å². The van der Waals surface area contributed by atoms with Gasteiger partial charge in [-0.2, -0.15) is 0 Å². The van der Waals surface area contributed by atoms with Gasteiger partial charge in [0.25, 0.3) is 0 Å². The Hall–Kier alpha value is -2.32. The Kier molecular flexibility index (Phi) is 4.82. The molecule has 25 heavy (non-hydrogen) atoms. The molecule has 0 saturated carbocycles. The van der Waals surface area contributed by atoms with E-state index < -0.39 is 8.32 Å². The Morgan fingerprint density at radius 3 is 1.68 bits per heavy atom. The maximum Gasteiger partial charge on any atom is 0.319 e. The van der Waals surface area contributed by atoms with Crippen molar-refractivity contribution in [1.82, 2.24) is 0 Å². The number of benzene rings is 3. The molecule has 0 bridgehead atoms. The largest absolute Gasteiger partial charge is 0.534 e. The highest BCUT2D eigenvalue weighted by molar-refractivity contribution is 7.00. The summed E-state index contributed by atoms with van der Waals surface area (Å²) in [5, 5.41) is 2.53. The first-order chi connectivity index (χ1) is 11.9. The highest BCUT2D eigenvalue weighted by Gasteiger charge is 2.52. The van der Waals surface area contributed by atoms with E-state index in [0.29, 0.717) is 0 Å². The summed E-state index contributed by atoms with van der Waals surface area (Å²) in [7, 11) is -2.54. The summed E-state index contributed by atoms with van der Waals surface area (Å²) in [6, 6.07) is 29.4. The Bertz CT molecular complexity index is 780. The van der Waals surface area contributed by atoms with E-state index >= 15 is 0 Å². The fourth-order valence-electron chi connectivity index (χ4n) is 3.44. The van der Waals surface area contributed by atoms with Crippen LogP contribution in [0.25, 0.3) is 0 Å². The molecule has 0 amide bonds. The summed E-state index contributed by atoms with van der Waals surface area (Å²) in [6.45, 7) is 10.9. The first kappa shape index (κ1) is 17.5. The predicted octanol–water partition coefficient (Wildman–Crippen LogP) is 4.81. The zero-order chi connectivity index (χ0) is 17.9. The molecule has 0 aliphatic carbocycles. The normalized spacial score (nSPS) is 12.0. The van der Waals surface area contributed by atoms with Crippen molar-refractivity contribution in [3.63, 3.8) is 0 Å². The van der Waals surface area contributed by atoms with Gasteiger partial charge in [-0.05, 0) is 40.0 Å². The van der Waals surface area contributed by atoms with E-state index in [0.717, 1.165) is 11.3 Å². The molecule has 3 aromatic rings. The first-order valence-electron chi connectivity index (χ1n) is 8.65. The molecule has 0 unspecified atom stereocenters. The van der Waals surface area contributed by atoms with Crippen molar-refractivity contribution in [2.75, 3.05) is 0 Å². The number of rotatable bonds is 4. The van der Waals surface area contributed by atoms with Gasteiger partial charge < -0.3 is 4.43 Å². The number of hydrogen-bond acceptors (Lipinski definition) is 1. The van der Waals surface area contributed by atoms with E-state index in [1.807, 2.05) is 24.3 Å². The molecular weight excluding hydrogens is 320 g/mol. The summed E-state index contributed by atoms with van der Waals surface area (Å²) >= 11 is 0. The maximum absolute atomic E-state index is 6.92. The lowest BCUT2D eigenvalue weighted by Gasteiger charge is -2.43. The van der Waals surface area contributed by atoms with Crippen molar-refractivity contribution in [3.05, 3.63) is 97.4 Å². The van der Waals surface area contributed by atoms with E-state index in [-0.39, 0.29) is 5.04 Å². The standard InChI is InChI=1S/C23H25OSi/c1-19-12-11-13-20(18-19)24-25(23(2,3)4,21-14-7-5-8-15-21)22-16-9-6-10-17-22/h5-18H,1H2,2-4H3. The van der Waals surface area contributed by atoms with Crippen LogP contribution in [-0.4, -0.2) is 8.32 Å². The molecule has 127 valence electrons. The molecule has 0 saturated heterocycles. The van der Waals surface area contributed by atoms with Crippen molar-refractivity contribution < 1.29 is 4.43 Å². The van der Waals surface area contributed by atoms with Crippen LogP contribution in [0.4, 0.5) is 0 Å². The molecule has 0 fully saturated rings. The van der Waals surface area contributed by atoms with Gasteiger partial charge in [0, 0.05) is 0 Å². The van der Waals surface area contributed by atoms with Crippen molar-refractivity contribution in [2.24, 2.45) is 0 Å². The second-order valence-corrected chi connectivity index (χ2v) is 11.6. The molecular formula is C23H25OSi. The van der Waals surface area contributed by atoms with Crippen molar-refractivity contribution >= 4 is 18.7 Å². The number of hydrogen-bond donors (Lipinski definition) is 0. The van der Waals surface area contributed by atoms with Gasteiger partial charge in [0.1, 0.15) is 5.75 Å². The molecule has 3 aromatic carbocycles. The van der Waals surface area contributed by atoms with Crippen molar-refractivity contribution in [3.8, 4) is 5.75 Å². The molecule has 1 radical (unpaired) electrons. The molecule has 0 aliphatic heterocycles. The quantitative estimate of drug-likeness (QED) is 0.617. The van der Waals surface area contributed by atoms with Crippen LogP contribution in [-0.2, 0) is 0 Å².